The minimum Gasteiger partial charge on any atom is -0.309 e. The molecule has 0 aliphatic heterocycles. The largest absolute Gasteiger partial charge is 0.309 e. The van der Waals surface area contributed by atoms with Crippen LogP contribution in [-0.2, 0) is 0 Å². The fourth-order valence-electron chi connectivity index (χ4n) is 2.14. The number of nitrogens with one attached hydrogen (secondary N) is 1. The fourth-order valence-corrected chi connectivity index (χ4v) is 3.00. The molecular weight excluding hydrogens is 274 g/mol. The summed E-state index contributed by atoms with van der Waals surface area (Å²) < 4.78 is 0. The van der Waals surface area contributed by atoms with Crippen molar-refractivity contribution in [3.63, 3.8) is 0 Å². The Balaban J connectivity index is 2.26. The first-order chi connectivity index (χ1) is 9.24. The topological polar surface area (TPSA) is 12.0 Å². The van der Waals surface area contributed by atoms with E-state index in [1.807, 2.05) is 37.0 Å². The zero-order valence-corrected chi connectivity index (χ0v) is 12.8. The second-order valence-electron chi connectivity index (χ2n) is 4.28. The fraction of sp³-hybridized carbons (Fsp3) is 0.250. The predicted octanol–water partition coefficient (Wildman–Crippen LogP) is 4.76. The van der Waals surface area contributed by atoms with Crippen LogP contribution in [-0.4, -0.2) is 12.8 Å². The van der Waals surface area contributed by atoms with Gasteiger partial charge in [0.1, 0.15) is 0 Å². The van der Waals surface area contributed by atoms with E-state index < -0.39 is 0 Å². The first-order valence-electron chi connectivity index (χ1n) is 6.40. The van der Waals surface area contributed by atoms with E-state index in [1.54, 1.807) is 0 Å². The Morgan fingerprint density at radius 2 is 1.84 bits per heavy atom. The second-order valence-corrected chi connectivity index (χ2v) is 6.05. The van der Waals surface area contributed by atoms with Gasteiger partial charge in [0, 0.05) is 9.92 Å². The lowest BCUT2D eigenvalue weighted by atomic mass is 9.99. The van der Waals surface area contributed by atoms with Gasteiger partial charge >= 0.3 is 0 Å². The van der Waals surface area contributed by atoms with Gasteiger partial charge in [-0.25, -0.2) is 0 Å². The molecular formula is C16H18ClNS. The normalized spacial score (nSPS) is 12.4. The summed E-state index contributed by atoms with van der Waals surface area (Å²) in [6.07, 6.45) is 0. The summed E-state index contributed by atoms with van der Waals surface area (Å²) in [4.78, 5) is 1.31. The quantitative estimate of drug-likeness (QED) is 0.797. The summed E-state index contributed by atoms with van der Waals surface area (Å²) >= 11 is 7.93. The third kappa shape index (κ3) is 3.75. The Hall–Kier alpha value is -0.960. The van der Waals surface area contributed by atoms with Gasteiger partial charge < -0.3 is 5.32 Å². The molecule has 2 aromatic carbocycles. The SMILES string of the molecule is CCSc1ccc(C(NC)c2cccc(Cl)c2)cc1. The Bertz CT molecular complexity index is 525. The van der Waals surface area contributed by atoms with Crippen LogP contribution in [0.1, 0.15) is 24.1 Å². The molecule has 0 amide bonds. The molecule has 0 bridgehead atoms. The monoisotopic (exact) mass is 291 g/mol. The molecule has 0 fully saturated rings. The molecule has 0 aliphatic carbocycles. The molecule has 100 valence electrons. The van der Waals surface area contributed by atoms with Gasteiger partial charge in [-0.15, -0.1) is 11.8 Å². The summed E-state index contributed by atoms with van der Waals surface area (Å²) in [6.45, 7) is 2.17. The lowest BCUT2D eigenvalue weighted by Gasteiger charge is -2.17. The molecule has 2 rings (SSSR count). The summed E-state index contributed by atoms with van der Waals surface area (Å²) in [5.74, 6) is 1.10. The maximum Gasteiger partial charge on any atom is 0.0574 e. The highest BCUT2D eigenvalue weighted by Gasteiger charge is 2.11. The first kappa shape index (κ1) is 14.4. The molecule has 0 saturated heterocycles. The number of rotatable bonds is 5. The van der Waals surface area contributed by atoms with Crippen molar-refractivity contribution in [1.29, 1.82) is 0 Å². The van der Waals surface area contributed by atoms with Crippen LogP contribution < -0.4 is 5.32 Å². The van der Waals surface area contributed by atoms with Gasteiger partial charge in [0.05, 0.1) is 6.04 Å². The zero-order chi connectivity index (χ0) is 13.7. The van der Waals surface area contributed by atoms with Gasteiger partial charge in [-0.05, 0) is 48.2 Å². The Morgan fingerprint density at radius 1 is 1.11 bits per heavy atom. The van der Waals surface area contributed by atoms with E-state index in [2.05, 4.69) is 42.6 Å². The molecule has 0 saturated carbocycles. The maximum absolute atomic E-state index is 6.07. The van der Waals surface area contributed by atoms with Crippen molar-refractivity contribution in [2.45, 2.75) is 17.9 Å². The van der Waals surface area contributed by atoms with Crippen LogP contribution in [0.15, 0.2) is 53.4 Å². The summed E-state index contributed by atoms with van der Waals surface area (Å²) in [7, 11) is 1.97. The van der Waals surface area contributed by atoms with Crippen LogP contribution in [0.4, 0.5) is 0 Å². The Kier molecular flexibility index (Phi) is 5.32. The van der Waals surface area contributed by atoms with E-state index in [9.17, 15) is 0 Å². The van der Waals surface area contributed by atoms with E-state index >= 15 is 0 Å². The highest BCUT2D eigenvalue weighted by molar-refractivity contribution is 7.99. The number of halogens is 1. The van der Waals surface area contributed by atoms with E-state index in [1.165, 1.54) is 16.0 Å². The summed E-state index contributed by atoms with van der Waals surface area (Å²) in [5.41, 5.74) is 2.44. The van der Waals surface area contributed by atoms with Gasteiger partial charge in [0.25, 0.3) is 0 Å². The number of hydrogen-bond donors (Lipinski definition) is 1. The standard InChI is InChI=1S/C16H18ClNS/c1-3-19-15-9-7-12(8-10-15)16(18-2)13-5-4-6-14(17)11-13/h4-11,16,18H,3H2,1-2H3. The maximum atomic E-state index is 6.07. The molecule has 0 heterocycles. The molecule has 2 aromatic rings. The summed E-state index contributed by atoms with van der Waals surface area (Å²) in [5, 5.41) is 4.12. The van der Waals surface area contributed by atoms with Crippen molar-refractivity contribution >= 4 is 23.4 Å². The highest BCUT2D eigenvalue weighted by atomic mass is 35.5. The lowest BCUT2D eigenvalue weighted by molar-refractivity contribution is 0.691. The van der Waals surface area contributed by atoms with E-state index in [0.29, 0.717) is 0 Å². The molecule has 1 atom stereocenters. The average molecular weight is 292 g/mol. The molecule has 1 N–H and O–H groups in total. The van der Waals surface area contributed by atoms with Crippen LogP contribution in [0.5, 0.6) is 0 Å². The smallest absolute Gasteiger partial charge is 0.0574 e. The Morgan fingerprint density at radius 3 is 2.42 bits per heavy atom. The van der Waals surface area contributed by atoms with Crippen LogP contribution in [0, 0.1) is 0 Å². The minimum absolute atomic E-state index is 0.180. The summed E-state index contributed by atoms with van der Waals surface area (Å²) in [6, 6.07) is 16.9. The first-order valence-corrected chi connectivity index (χ1v) is 7.76. The number of benzene rings is 2. The highest BCUT2D eigenvalue weighted by Crippen LogP contribution is 2.26. The minimum atomic E-state index is 0.180. The van der Waals surface area contributed by atoms with Crippen LogP contribution in [0.3, 0.4) is 0 Å². The molecule has 1 unspecified atom stereocenters. The van der Waals surface area contributed by atoms with Crippen LogP contribution in [0.25, 0.3) is 0 Å². The number of hydrogen-bond acceptors (Lipinski definition) is 2. The van der Waals surface area contributed by atoms with Crippen molar-refractivity contribution in [1.82, 2.24) is 5.32 Å². The van der Waals surface area contributed by atoms with Gasteiger partial charge in [-0.3, -0.25) is 0 Å². The third-order valence-corrected chi connectivity index (χ3v) is 4.12. The lowest BCUT2D eigenvalue weighted by Crippen LogP contribution is -2.17. The van der Waals surface area contributed by atoms with Gasteiger partial charge in [-0.2, -0.15) is 0 Å². The van der Waals surface area contributed by atoms with Crippen molar-refractivity contribution in [3.8, 4) is 0 Å². The van der Waals surface area contributed by atoms with E-state index in [-0.39, 0.29) is 6.04 Å². The zero-order valence-electron chi connectivity index (χ0n) is 11.2. The third-order valence-electron chi connectivity index (χ3n) is 3.00. The average Bonchev–Trinajstić information content (AvgIpc) is 2.42. The van der Waals surface area contributed by atoms with Crippen molar-refractivity contribution in [2.75, 3.05) is 12.8 Å². The van der Waals surface area contributed by atoms with E-state index in [4.69, 9.17) is 11.6 Å². The molecule has 0 aliphatic rings. The molecule has 0 radical (unpaired) electrons. The molecule has 19 heavy (non-hydrogen) atoms. The van der Waals surface area contributed by atoms with Gasteiger partial charge in [-0.1, -0.05) is 42.8 Å². The van der Waals surface area contributed by atoms with Crippen molar-refractivity contribution < 1.29 is 0 Å². The van der Waals surface area contributed by atoms with Crippen LogP contribution in [0.2, 0.25) is 5.02 Å². The van der Waals surface area contributed by atoms with Gasteiger partial charge in [0.2, 0.25) is 0 Å². The van der Waals surface area contributed by atoms with E-state index in [0.717, 1.165) is 10.8 Å². The molecule has 0 spiro atoms. The van der Waals surface area contributed by atoms with Crippen molar-refractivity contribution in [2.24, 2.45) is 0 Å². The van der Waals surface area contributed by atoms with Gasteiger partial charge in [0.15, 0.2) is 0 Å². The van der Waals surface area contributed by atoms with Crippen LogP contribution >= 0.6 is 23.4 Å². The predicted molar refractivity (Wildman–Crippen MR) is 85.2 cm³/mol. The molecule has 1 nitrogen and oxygen atoms in total. The van der Waals surface area contributed by atoms with Crippen molar-refractivity contribution in [3.05, 3.63) is 64.7 Å². The molecule has 3 heteroatoms. The molecule has 0 aromatic heterocycles. The second kappa shape index (κ2) is 6.99. The number of thioether (sulfide) groups is 1. The Labute approximate surface area is 124 Å².